The third kappa shape index (κ3) is 7.05. The van der Waals surface area contributed by atoms with Crippen molar-refractivity contribution in [3.8, 4) is 0 Å². The fraction of sp³-hybridized carbons (Fsp3) is 0.690. The topological polar surface area (TPSA) is 75.7 Å². The molecule has 2 aliphatic carbocycles. The Morgan fingerprint density at radius 1 is 1.03 bits per heavy atom. The van der Waals surface area contributed by atoms with Crippen LogP contribution in [-0.4, -0.2) is 53.7 Å². The Morgan fingerprint density at radius 2 is 1.72 bits per heavy atom. The lowest BCUT2D eigenvalue weighted by molar-refractivity contribution is -0.135. The Hall–Kier alpha value is -2.02. The second-order valence-electron chi connectivity index (χ2n) is 12.2. The van der Waals surface area contributed by atoms with Crippen LogP contribution in [0, 0.1) is 10.8 Å². The zero-order chi connectivity index (χ0) is 25.8. The van der Waals surface area contributed by atoms with Crippen LogP contribution in [0.4, 0.5) is 0 Å². The van der Waals surface area contributed by atoms with Crippen LogP contribution in [0.25, 0.3) is 0 Å². The Labute approximate surface area is 220 Å². The summed E-state index contributed by atoms with van der Waals surface area (Å²) in [6.45, 7) is 7.31. The first-order valence-corrected chi connectivity index (χ1v) is 14.6. The number of carbonyl (C=O) groups excluding carboxylic acids is 3. The van der Waals surface area contributed by atoms with Gasteiger partial charge in [-0.15, -0.1) is 11.8 Å². The number of carbonyl (C=O) groups is 3. The number of fused-ring (bicyclic) bond motifs is 2. The van der Waals surface area contributed by atoms with Crippen LogP contribution in [0.15, 0.2) is 29.2 Å². The molecule has 1 heterocycles. The van der Waals surface area contributed by atoms with Gasteiger partial charge in [0.2, 0.25) is 5.91 Å². The van der Waals surface area contributed by atoms with Crippen LogP contribution in [0.2, 0.25) is 0 Å². The average Bonchev–Trinajstić information content (AvgIpc) is 3.06. The van der Waals surface area contributed by atoms with E-state index in [2.05, 4.69) is 26.1 Å². The fourth-order valence-electron chi connectivity index (χ4n) is 6.81. The number of esters is 1. The fourth-order valence-corrected chi connectivity index (χ4v) is 7.67. The summed E-state index contributed by atoms with van der Waals surface area (Å²) in [5.74, 6) is -0.372. The summed E-state index contributed by atoms with van der Waals surface area (Å²) < 4.78 is 5.49. The maximum absolute atomic E-state index is 13.0. The Kier molecular flexibility index (Phi) is 8.69. The van der Waals surface area contributed by atoms with Crippen LogP contribution in [0.3, 0.4) is 0 Å². The number of thioether (sulfide) groups is 1. The van der Waals surface area contributed by atoms with Gasteiger partial charge < -0.3 is 15.0 Å². The van der Waals surface area contributed by atoms with Crippen molar-refractivity contribution in [2.24, 2.45) is 10.8 Å². The van der Waals surface area contributed by atoms with Gasteiger partial charge in [0.15, 0.2) is 6.61 Å². The van der Waals surface area contributed by atoms with Gasteiger partial charge in [0, 0.05) is 23.5 Å². The molecular formula is C29H42N2O4S. The molecule has 1 N–H and O–H groups in total. The van der Waals surface area contributed by atoms with Crippen LogP contribution < -0.4 is 5.32 Å². The van der Waals surface area contributed by atoms with Gasteiger partial charge >= 0.3 is 5.97 Å². The molecule has 0 spiro atoms. The number of likely N-dealkylation sites (tertiary alicyclic amines) is 1. The molecule has 2 saturated carbocycles. The van der Waals surface area contributed by atoms with Crippen molar-refractivity contribution >= 4 is 29.5 Å². The van der Waals surface area contributed by atoms with Crippen molar-refractivity contribution in [2.45, 2.75) is 102 Å². The number of benzene rings is 1. The van der Waals surface area contributed by atoms with Gasteiger partial charge in [0.05, 0.1) is 11.3 Å². The van der Waals surface area contributed by atoms with E-state index in [1.54, 1.807) is 12.1 Å². The van der Waals surface area contributed by atoms with Crippen LogP contribution in [0.1, 0.15) is 95.3 Å². The van der Waals surface area contributed by atoms with Crippen molar-refractivity contribution in [3.63, 3.8) is 0 Å². The molecule has 1 aromatic carbocycles. The lowest BCUT2D eigenvalue weighted by atomic mass is 9.65. The van der Waals surface area contributed by atoms with Gasteiger partial charge in [-0.25, -0.2) is 4.79 Å². The molecule has 2 atom stereocenters. The van der Waals surface area contributed by atoms with Crippen molar-refractivity contribution in [1.29, 1.82) is 0 Å². The normalized spacial score (nSPS) is 26.1. The highest BCUT2D eigenvalue weighted by Gasteiger charge is 2.50. The lowest BCUT2D eigenvalue weighted by Gasteiger charge is -2.39. The summed E-state index contributed by atoms with van der Waals surface area (Å²) in [5.41, 5.74) is 0.773. The van der Waals surface area contributed by atoms with Gasteiger partial charge in [-0.1, -0.05) is 65.0 Å². The number of rotatable bonds is 7. The summed E-state index contributed by atoms with van der Waals surface area (Å²) in [7, 11) is 0. The van der Waals surface area contributed by atoms with Crippen molar-refractivity contribution < 1.29 is 19.1 Å². The highest BCUT2D eigenvalue weighted by atomic mass is 32.2. The zero-order valence-electron chi connectivity index (χ0n) is 22.1. The summed E-state index contributed by atoms with van der Waals surface area (Å²) in [5, 5.41) is 3.18. The van der Waals surface area contributed by atoms with E-state index in [4.69, 9.17) is 4.74 Å². The first-order chi connectivity index (χ1) is 17.1. The van der Waals surface area contributed by atoms with E-state index >= 15 is 0 Å². The monoisotopic (exact) mass is 514 g/mol. The number of nitrogens with one attached hydrogen (secondary N) is 1. The number of hydrogen-bond donors (Lipinski definition) is 1. The molecule has 2 amide bonds. The van der Waals surface area contributed by atoms with Crippen molar-refractivity contribution in [2.75, 3.05) is 18.9 Å². The summed E-state index contributed by atoms with van der Waals surface area (Å²) >= 11 is 1.34. The molecule has 1 aromatic rings. The minimum atomic E-state index is -0.513. The molecule has 2 bridgehead atoms. The smallest absolute Gasteiger partial charge is 0.339 e. The van der Waals surface area contributed by atoms with Crippen LogP contribution in [0.5, 0.6) is 0 Å². The molecule has 1 aliphatic heterocycles. The predicted molar refractivity (Wildman–Crippen MR) is 143 cm³/mol. The highest BCUT2D eigenvalue weighted by Crippen LogP contribution is 2.52. The summed E-state index contributed by atoms with van der Waals surface area (Å²) in [6.07, 6.45) is 11.3. The van der Waals surface area contributed by atoms with Crippen LogP contribution in [-0.2, 0) is 14.3 Å². The molecule has 3 fully saturated rings. The largest absolute Gasteiger partial charge is 0.452 e. The van der Waals surface area contributed by atoms with E-state index < -0.39 is 5.97 Å². The first kappa shape index (κ1) is 27.0. The second-order valence-corrected chi connectivity index (χ2v) is 13.2. The standard InChI is InChI=1S/C29H42N2O4S/c1-28(2)15-22-16-29(3,19-28)20-31(22)26(33)17-35-27(34)23-13-9-10-14-24(23)36-18-25(32)30-21-11-7-5-4-6-8-12-21/h9-10,13-14,21-22H,4-8,11-12,15-20H2,1-3H3,(H,30,32)/t22-,29-/m1/s1. The molecule has 36 heavy (non-hydrogen) atoms. The van der Waals surface area contributed by atoms with Crippen LogP contribution >= 0.6 is 11.8 Å². The lowest BCUT2D eigenvalue weighted by Crippen LogP contribution is -2.39. The maximum atomic E-state index is 13.0. The SMILES string of the molecule is CC1(C)C[C@@H]2C[C@@](C)(CN2C(=O)COC(=O)c2ccccc2SCC(=O)NC2CCCCCCC2)C1. The first-order valence-electron chi connectivity index (χ1n) is 13.6. The Morgan fingerprint density at radius 3 is 2.47 bits per heavy atom. The quantitative estimate of drug-likeness (QED) is 0.379. The molecule has 3 aliphatic rings. The van der Waals surface area contributed by atoms with Gasteiger partial charge in [-0.2, -0.15) is 0 Å². The Balaban J connectivity index is 1.28. The van der Waals surface area contributed by atoms with E-state index in [0.717, 1.165) is 38.6 Å². The molecular weight excluding hydrogens is 472 g/mol. The second kappa shape index (κ2) is 11.6. The van der Waals surface area contributed by atoms with Gasteiger partial charge in [-0.05, 0) is 55.1 Å². The summed E-state index contributed by atoms with van der Waals surface area (Å²) in [4.78, 5) is 41.1. The van der Waals surface area contributed by atoms with Gasteiger partial charge in [-0.3, -0.25) is 9.59 Å². The molecule has 0 radical (unpaired) electrons. The van der Waals surface area contributed by atoms with E-state index in [0.29, 0.717) is 10.5 Å². The number of amides is 2. The molecule has 7 heteroatoms. The van der Waals surface area contributed by atoms with E-state index in [-0.39, 0.29) is 47.1 Å². The van der Waals surface area contributed by atoms with Crippen molar-refractivity contribution in [3.05, 3.63) is 29.8 Å². The minimum absolute atomic E-state index is 0.000455. The summed E-state index contributed by atoms with van der Waals surface area (Å²) in [6, 6.07) is 7.65. The number of ether oxygens (including phenoxy) is 1. The molecule has 6 nitrogen and oxygen atoms in total. The van der Waals surface area contributed by atoms with E-state index in [1.807, 2.05) is 17.0 Å². The molecule has 198 valence electrons. The predicted octanol–water partition coefficient (Wildman–Crippen LogP) is 5.59. The van der Waals surface area contributed by atoms with Crippen molar-refractivity contribution in [1.82, 2.24) is 10.2 Å². The Bertz CT molecular complexity index is 956. The zero-order valence-corrected chi connectivity index (χ0v) is 23.0. The highest BCUT2D eigenvalue weighted by molar-refractivity contribution is 8.00. The third-order valence-electron chi connectivity index (χ3n) is 8.00. The maximum Gasteiger partial charge on any atom is 0.339 e. The third-order valence-corrected chi connectivity index (χ3v) is 9.07. The van der Waals surface area contributed by atoms with Gasteiger partial charge in [0.25, 0.3) is 5.91 Å². The molecule has 0 aromatic heterocycles. The average molecular weight is 515 g/mol. The minimum Gasteiger partial charge on any atom is -0.452 e. The molecule has 0 unspecified atom stereocenters. The molecule has 4 rings (SSSR count). The number of nitrogens with zero attached hydrogens (tertiary/aromatic N) is 1. The van der Waals surface area contributed by atoms with E-state index in [1.165, 1.54) is 43.9 Å². The van der Waals surface area contributed by atoms with Gasteiger partial charge in [0.1, 0.15) is 0 Å². The number of hydrogen-bond acceptors (Lipinski definition) is 5. The van der Waals surface area contributed by atoms with E-state index in [9.17, 15) is 14.4 Å². The molecule has 1 saturated heterocycles.